The summed E-state index contributed by atoms with van der Waals surface area (Å²) in [6.45, 7) is 6.44. The van der Waals surface area contributed by atoms with Crippen molar-refractivity contribution in [2.75, 3.05) is 32.0 Å². The van der Waals surface area contributed by atoms with Crippen LogP contribution in [0.5, 0.6) is 0 Å². The van der Waals surface area contributed by atoms with Crippen molar-refractivity contribution < 1.29 is 4.79 Å². The molecule has 6 nitrogen and oxygen atoms in total. The standard InChI is InChI=1S/C10H19N5OS/c1-4-11-8(16)6-15(3)7-9-13-14-10(17-9)12-5-2/h4-7H2,1-3H3,(H,11,16)(H,12,14). The Labute approximate surface area is 105 Å². The second kappa shape index (κ2) is 7.18. The lowest BCUT2D eigenvalue weighted by Gasteiger charge is -2.13. The molecule has 0 aliphatic heterocycles. The van der Waals surface area contributed by atoms with Gasteiger partial charge in [-0.25, -0.2) is 0 Å². The third-order valence-corrected chi connectivity index (χ3v) is 2.85. The van der Waals surface area contributed by atoms with Gasteiger partial charge in [-0.1, -0.05) is 11.3 Å². The smallest absolute Gasteiger partial charge is 0.234 e. The molecule has 96 valence electrons. The van der Waals surface area contributed by atoms with Crippen LogP contribution in [0, 0.1) is 0 Å². The van der Waals surface area contributed by atoms with Crippen molar-refractivity contribution in [3.8, 4) is 0 Å². The number of aromatic nitrogens is 2. The maximum absolute atomic E-state index is 11.4. The maximum Gasteiger partial charge on any atom is 0.234 e. The van der Waals surface area contributed by atoms with Crippen molar-refractivity contribution in [1.82, 2.24) is 20.4 Å². The minimum atomic E-state index is 0.0337. The lowest BCUT2D eigenvalue weighted by atomic mass is 10.5. The van der Waals surface area contributed by atoms with Gasteiger partial charge in [0, 0.05) is 13.1 Å². The van der Waals surface area contributed by atoms with Gasteiger partial charge in [0.05, 0.1) is 13.1 Å². The summed E-state index contributed by atoms with van der Waals surface area (Å²) in [4.78, 5) is 13.3. The van der Waals surface area contributed by atoms with Crippen molar-refractivity contribution in [2.45, 2.75) is 20.4 Å². The van der Waals surface area contributed by atoms with E-state index < -0.39 is 0 Å². The molecule has 7 heteroatoms. The van der Waals surface area contributed by atoms with Gasteiger partial charge in [0.2, 0.25) is 11.0 Å². The summed E-state index contributed by atoms with van der Waals surface area (Å²) >= 11 is 1.52. The highest BCUT2D eigenvalue weighted by Gasteiger charge is 2.09. The predicted molar refractivity (Wildman–Crippen MR) is 69.1 cm³/mol. The van der Waals surface area contributed by atoms with E-state index in [0.717, 1.165) is 16.7 Å². The van der Waals surface area contributed by atoms with Gasteiger partial charge in [-0.15, -0.1) is 10.2 Å². The van der Waals surface area contributed by atoms with Crippen LogP contribution in [0.4, 0.5) is 5.13 Å². The Kier molecular flexibility index (Phi) is 5.85. The Morgan fingerprint density at radius 1 is 1.35 bits per heavy atom. The maximum atomic E-state index is 11.4. The average molecular weight is 257 g/mol. The second-order valence-electron chi connectivity index (χ2n) is 3.66. The van der Waals surface area contributed by atoms with Crippen LogP contribution in [-0.2, 0) is 11.3 Å². The number of carbonyl (C=O) groups is 1. The first-order valence-corrected chi connectivity index (χ1v) is 6.48. The van der Waals surface area contributed by atoms with E-state index in [1.807, 2.05) is 25.8 Å². The molecule has 1 heterocycles. The van der Waals surface area contributed by atoms with Crippen molar-refractivity contribution in [3.63, 3.8) is 0 Å². The highest BCUT2D eigenvalue weighted by atomic mass is 32.1. The molecule has 0 saturated heterocycles. The largest absolute Gasteiger partial charge is 0.360 e. The molecule has 0 saturated carbocycles. The third-order valence-electron chi connectivity index (χ3n) is 1.99. The number of nitrogens with zero attached hydrogens (tertiary/aromatic N) is 3. The van der Waals surface area contributed by atoms with Crippen LogP contribution in [-0.4, -0.2) is 47.7 Å². The molecule has 0 fully saturated rings. The number of hydrogen-bond acceptors (Lipinski definition) is 6. The molecule has 1 rings (SSSR count). The molecule has 0 aliphatic carbocycles. The van der Waals surface area contributed by atoms with Crippen LogP contribution < -0.4 is 10.6 Å². The van der Waals surface area contributed by atoms with Crippen LogP contribution in [0.3, 0.4) is 0 Å². The van der Waals surface area contributed by atoms with E-state index in [1.165, 1.54) is 11.3 Å². The van der Waals surface area contributed by atoms with E-state index in [-0.39, 0.29) is 5.91 Å². The predicted octanol–water partition coefficient (Wildman–Crippen LogP) is 0.538. The number of nitrogens with one attached hydrogen (secondary N) is 2. The fourth-order valence-corrected chi connectivity index (χ4v) is 2.21. The molecular formula is C10H19N5OS. The summed E-state index contributed by atoms with van der Waals surface area (Å²) in [6, 6.07) is 0. The average Bonchev–Trinajstić information content (AvgIpc) is 2.66. The summed E-state index contributed by atoms with van der Waals surface area (Å²) < 4.78 is 0. The van der Waals surface area contributed by atoms with Gasteiger partial charge < -0.3 is 10.6 Å². The Bertz CT molecular complexity index is 354. The highest BCUT2D eigenvalue weighted by molar-refractivity contribution is 7.15. The van der Waals surface area contributed by atoms with E-state index in [9.17, 15) is 4.79 Å². The van der Waals surface area contributed by atoms with E-state index in [2.05, 4.69) is 20.8 Å². The molecule has 1 aromatic heterocycles. The van der Waals surface area contributed by atoms with E-state index in [1.54, 1.807) is 0 Å². The van der Waals surface area contributed by atoms with Gasteiger partial charge in [0.1, 0.15) is 5.01 Å². The monoisotopic (exact) mass is 257 g/mol. The van der Waals surface area contributed by atoms with E-state index in [4.69, 9.17) is 0 Å². The lowest BCUT2D eigenvalue weighted by molar-refractivity contribution is -0.121. The quantitative estimate of drug-likeness (QED) is 0.746. The van der Waals surface area contributed by atoms with Gasteiger partial charge >= 0.3 is 0 Å². The van der Waals surface area contributed by atoms with Crippen LogP contribution in [0.1, 0.15) is 18.9 Å². The summed E-state index contributed by atoms with van der Waals surface area (Å²) in [6.07, 6.45) is 0. The topological polar surface area (TPSA) is 70.2 Å². The molecular weight excluding hydrogens is 238 g/mol. The zero-order valence-corrected chi connectivity index (χ0v) is 11.3. The second-order valence-corrected chi connectivity index (χ2v) is 4.72. The summed E-state index contributed by atoms with van der Waals surface area (Å²) in [7, 11) is 1.89. The minimum absolute atomic E-state index is 0.0337. The molecule has 17 heavy (non-hydrogen) atoms. The fourth-order valence-electron chi connectivity index (χ4n) is 1.33. The highest BCUT2D eigenvalue weighted by Crippen LogP contribution is 2.15. The first-order valence-electron chi connectivity index (χ1n) is 5.67. The summed E-state index contributed by atoms with van der Waals surface area (Å²) in [5, 5.41) is 15.7. The molecule has 0 unspecified atom stereocenters. The van der Waals surface area contributed by atoms with Crippen molar-refractivity contribution >= 4 is 22.4 Å². The number of rotatable bonds is 7. The Morgan fingerprint density at radius 2 is 2.12 bits per heavy atom. The third kappa shape index (κ3) is 5.10. The van der Waals surface area contributed by atoms with Gasteiger partial charge in [-0.2, -0.15) is 0 Å². The molecule has 1 amide bonds. The number of hydrogen-bond donors (Lipinski definition) is 2. The SMILES string of the molecule is CCNC(=O)CN(C)Cc1nnc(NCC)s1. The van der Waals surface area contributed by atoms with Gasteiger partial charge in [-0.3, -0.25) is 9.69 Å². The Balaban J connectivity index is 2.38. The number of likely N-dealkylation sites (N-methyl/N-ethyl adjacent to an activating group) is 2. The Morgan fingerprint density at radius 3 is 2.76 bits per heavy atom. The summed E-state index contributed by atoms with van der Waals surface area (Å²) in [5.74, 6) is 0.0337. The van der Waals surface area contributed by atoms with E-state index >= 15 is 0 Å². The van der Waals surface area contributed by atoms with Gasteiger partial charge in [0.25, 0.3) is 0 Å². The Hall–Kier alpha value is -1.21. The van der Waals surface area contributed by atoms with Crippen molar-refractivity contribution in [1.29, 1.82) is 0 Å². The molecule has 0 atom stereocenters. The molecule has 0 aliphatic rings. The van der Waals surface area contributed by atoms with E-state index in [0.29, 0.717) is 19.6 Å². The first-order chi connectivity index (χ1) is 8.15. The lowest BCUT2D eigenvalue weighted by Crippen LogP contribution is -2.34. The van der Waals surface area contributed by atoms with Gasteiger partial charge in [0.15, 0.2) is 0 Å². The van der Waals surface area contributed by atoms with Crippen LogP contribution in [0.2, 0.25) is 0 Å². The molecule has 2 N–H and O–H groups in total. The fraction of sp³-hybridized carbons (Fsp3) is 0.700. The molecule has 0 spiro atoms. The van der Waals surface area contributed by atoms with Gasteiger partial charge in [-0.05, 0) is 20.9 Å². The molecule has 0 bridgehead atoms. The number of amides is 1. The number of anilines is 1. The van der Waals surface area contributed by atoms with Crippen LogP contribution in [0.15, 0.2) is 0 Å². The molecule has 0 radical (unpaired) electrons. The van der Waals surface area contributed by atoms with Crippen LogP contribution >= 0.6 is 11.3 Å². The normalized spacial score (nSPS) is 10.6. The minimum Gasteiger partial charge on any atom is -0.360 e. The summed E-state index contributed by atoms with van der Waals surface area (Å²) in [5.41, 5.74) is 0. The van der Waals surface area contributed by atoms with Crippen LogP contribution in [0.25, 0.3) is 0 Å². The zero-order valence-electron chi connectivity index (χ0n) is 10.5. The van der Waals surface area contributed by atoms with Crippen molar-refractivity contribution in [2.24, 2.45) is 0 Å². The first kappa shape index (κ1) is 13.9. The molecule has 1 aromatic rings. The van der Waals surface area contributed by atoms with Crippen molar-refractivity contribution in [3.05, 3.63) is 5.01 Å². The zero-order chi connectivity index (χ0) is 12.7. The molecule has 0 aromatic carbocycles. The number of carbonyl (C=O) groups excluding carboxylic acids is 1.